The molecule has 1 fully saturated rings. The Morgan fingerprint density at radius 1 is 0.933 bits per heavy atom. The van der Waals surface area contributed by atoms with Crippen molar-refractivity contribution in [3.63, 3.8) is 0 Å². The van der Waals surface area contributed by atoms with Gasteiger partial charge in [-0.05, 0) is 49.2 Å². The van der Waals surface area contributed by atoms with Crippen molar-refractivity contribution in [1.82, 2.24) is 25.1 Å². The number of guanidine groups is 1. The van der Waals surface area contributed by atoms with Crippen molar-refractivity contribution in [1.29, 1.82) is 0 Å². The minimum atomic E-state index is 0.625. The van der Waals surface area contributed by atoms with E-state index in [0.29, 0.717) is 6.54 Å². The molecular weight excluding hydrogens is 372 g/mol. The van der Waals surface area contributed by atoms with Gasteiger partial charge >= 0.3 is 0 Å². The highest BCUT2D eigenvalue weighted by atomic mass is 15.2. The molecule has 0 radical (unpaired) electrons. The Kier molecular flexibility index (Phi) is 6.64. The van der Waals surface area contributed by atoms with E-state index in [1.165, 1.54) is 43.5 Å². The fourth-order valence-electron chi connectivity index (χ4n) is 4.06. The summed E-state index contributed by atoms with van der Waals surface area (Å²) in [5.41, 5.74) is 4.80. The number of piperidine rings is 1. The molecule has 0 atom stereocenters. The Morgan fingerprint density at radius 3 is 2.37 bits per heavy atom. The molecule has 0 amide bonds. The molecule has 6 nitrogen and oxygen atoms in total. The van der Waals surface area contributed by atoms with Crippen LogP contribution in [0.2, 0.25) is 0 Å². The summed E-state index contributed by atoms with van der Waals surface area (Å²) in [5, 5.41) is 6.77. The molecule has 0 spiro atoms. The second-order valence-corrected chi connectivity index (χ2v) is 8.01. The third-order valence-electron chi connectivity index (χ3n) is 5.86. The molecule has 2 aromatic carbocycles. The first-order valence-electron chi connectivity index (χ1n) is 10.9. The predicted octanol–water partition coefficient (Wildman–Crippen LogP) is 3.42. The molecule has 0 unspecified atom stereocenters. The van der Waals surface area contributed by atoms with Crippen molar-refractivity contribution in [2.24, 2.45) is 12.0 Å². The largest absolute Gasteiger partial charge is 0.352 e. The van der Waals surface area contributed by atoms with E-state index in [4.69, 9.17) is 4.98 Å². The lowest BCUT2D eigenvalue weighted by atomic mass is 10.1. The Bertz CT molecular complexity index is 983. The van der Waals surface area contributed by atoms with Gasteiger partial charge in [-0.2, -0.15) is 0 Å². The fraction of sp³-hybridized carbons (Fsp3) is 0.417. The summed E-state index contributed by atoms with van der Waals surface area (Å²) in [5.74, 6) is 1.76. The zero-order valence-corrected chi connectivity index (χ0v) is 18.1. The second kappa shape index (κ2) is 9.76. The summed E-state index contributed by atoms with van der Waals surface area (Å²) < 4.78 is 2.12. The van der Waals surface area contributed by atoms with Gasteiger partial charge in [0.2, 0.25) is 0 Å². The number of aryl methyl sites for hydroxylation is 1. The van der Waals surface area contributed by atoms with Crippen LogP contribution in [-0.2, 0) is 26.7 Å². The average Bonchev–Trinajstić information content (AvgIpc) is 3.11. The number of hydrogen-bond donors (Lipinski definition) is 2. The van der Waals surface area contributed by atoms with Gasteiger partial charge in [-0.1, -0.05) is 42.8 Å². The summed E-state index contributed by atoms with van der Waals surface area (Å²) >= 11 is 0. The summed E-state index contributed by atoms with van der Waals surface area (Å²) in [7, 11) is 3.85. The van der Waals surface area contributed by atoms with Crippen LogP contribution in [0.3, 0.4) is 0 Å². The maximum Gasteiger partial charge on any atom is 0.191 e. The molecule has 1 aliphatic rings. The zero-order valence-electron chi connectivity index (χ0n) is 18.1. The maximum atomic E-state index is 4.71. The Hall–Kier alpha value is -2.86. The third kappa shape index (κ3) is 5.00. The molecule has 2 heterocycles. The van der Waals surface area contributed by atoms with Crippen LogP contribution in [0.5, 0.6) is 0 Å². The van der Waals surface area contributed by atoms with E-state index in [2.05, 4.69) is 55.4 Å². The predicted molar refractivity (Wildman–Crippen MR) is 123 cm³/mol. The first kappa shape index (κ1) is 20.4. The minimum Gasteiger partial charge on any atom is -0.352 e. The highest BCUT2D eigenvalue weighted by molar-refractivity contribution is 5.80. The van der Waals surface area contributed by atoms with E-state index in [1.807, 2.05) is 25.2 Å². The van der Waals surface area contributed by atoms with Crippen molar-refractivity contribution in [3.8, 4) is 0 Å². The lowest BCUT2D eigenvalue weighted by molar-refractivity contribution is 0.221. The number of aromatic nitrogens is 2. The van der Waals surface area contributed by atoms with Gasteiger partial charge < -0.3 is 15.2 Å². The number of nitrogens with zero attached hydrogens (tertiary/aromatic N) is 4. The molecule has 0 aliphatic carbocycles. The first-order valence-corrected chi connectivity index (χ1v) is 10.9. The zero-order chi connectivity index (χ0) is 20.8. The molecule has 4 rings (SSSR count). The van der Waals surface area contributed by atoms with Crippen molar-refractivity contribution >= 4 is 17.0 Å². The van der Waals surface area contributed by atoms with E-state index in [9.17, 15) is 0 Å². The summed E-state index contributed by atoms with van der Waals surface area (Å²) in [4.78, 5) is 11.6. The molecular formula is C24H32N6. The van der Waals surface area contributed by atoms with Gasteiger partial charge in [0, 0.05) is 27.2 Å². The quantitative estimate of drug-likeness (QED) is 0.488. The fourth-order valence-corrected chi connectivity index (χ4v) is 4.06. The monoisotopic (exact) mass is 404 g/mol. The topological polar surface area (TPSA) is 57.5 Å². The Morgan fingerprint density at radius 2 is 1.63 bits per heavy atom. The van der Waals surface area contributed by atoms with Crippen LogP contribution in [0, 0.1) is 0 Å². The van der Waals surface area contributed by atoms with Crippen LogP contribution in [0.1, 0.15) is 36.2 Å². The number of fused-ring (bicyclic) bond motifs is 1. The molecule has 1 saturated heterocycles. The average molecular weight is 405 g/mol. The standard InChI is InChI=1S/C24H32N6/c1-25-24(27-17-23-28-21-8-4-5-9-22(21)29(23)2)26-16-19-10-12-20(13-11-19)18-30-14-6-3-7-15-30/h4-5,8-13H,3,6-7,14-18H2,1-2H3,(H2,25,26,27). The summed E-state index contributed by atoms with van der Waals surface area (Å²) in [6.45, 7) is 4.90. The van der Waals surface area contributed by atoms with Crippen molar-refractivity contribution in [2.45, 2.75) is 38.9 Å². The Labute approximate surface area is 179 Å². The number of rotatable bonds is 6. The number of hydrogen-bond acceptors (Lipinski definition) is 3. The molecule has 3 aromatic rings. The first-order chi connectivity index (χ1) is 14.7. The van der Waals surface area contributed by atoms with Gasteiger partial charge in [0.15, 0.2) is 5.96 Å². The van der Waals surface area contributed by atoms with Crippen LogP contribution in [-0.4, -0.2) is 40.5 Å². The maximum absolute atomic E-state index is 4.71. The van der Waals surface area contributed by atoms with E-state index in [-0.39, 0.29) is 0 Å². The van der Waals surface area contributed by atoms with E-state index < -0.39 is 0 Å². The SMILES string of the molecule is CN=C(NCc1ccc(CN2CCCCC2)cc1)NCc1nc2ccccc2n1C. The second-order valence-electron chi connectivity index (χ2n) is 8.01. The molecule has 1 aromatic heterocycles. The van der Waals surface area contributed by atoms with Crippen LogP contribution < -0.4 is 10.6 Å². The Balaban J connectivity index is 1.28. The number of para-hydroxylation sites is 2. The van der Waals surface area contributed by atoms with Gasteiger partial charge in [-0.25, -0.2) is 4.98 Å². The molecule has 1 aliphatic heterocycles. The van der Waals surface area contributed by atoms with Gasteiger partial charge in [0.25, 0.3) is 0 Å². The number of likely N-dealkylation sites (tertiary alicyclic amines) is 1. The highest BCUT2D eigenvalue weighted by Gasteiger charge is 2.10. The van der Waals surface area contributed by atoms with Crippen LogP contribution in [0.15, 0.2) is 53.5 Å². The minimum absolute atomic E-state index is 0.625. The van der Waals surface area contributed by atoms with Crippen molar-refractivity contribution in [3.05, 3.63) is 65.5 Å². The van der Waals surface area contributed by atoms with E-state index in [1.54, 1.807) is 7.05 Å². The molecule has 158 valence electrons. The van der Waals surface area contributed by atoms with E-state index in [0.717, 1.165) is 35.9 Å². The van der Waals surface area contributed by atoms with Gasteiger partial charge in [0.1, 0.15) is 5.82 Å². The van der Waals surface area contributed by atoms with Crippen molar-refractivity contribution < 1.29 is 0 Å². The molecule has 2 N–H and O–H groups in total. The smallest absolute Gasteiger partial charge is 0.191 e. The lowest BCUT2D eigenvalue weighted by Crippen LogP contribution is -2.36. The molecule has 6 heteroatoms. The summed E-state index contributed by atoms with van der Waals surface area (Å²) in [6, 6.07) is 17.1. The van der Waals surface area contributed by atoms with Gasteiger partial charge in [-0.3, -0.25) is 9.89 Å². The number of imidazole rings is 1. The normalized spacial score (nSPS) is 15.5. The molecule has 0 bridgehead atoms. The highest BCUT2D eigenvalue weighted by Crippen LogP contribution is 2.15. The van der Waals surface area contributed by atoms with Crippen LogP contribution >= 0.6 is 0 Å². The van der Waals surface area contributed by atoms with Crippen LogP contribution in [0.25, 0.3) is 11.0 Å². The van der Waals surface area contributed by atoms with Crippen LogP contribution in [0.4, 0.5) is 0 Å². The number of benzene rings is 2. The third-order valence-corrected chi connectivity index (χ3v) is 5.86. The van der Waals surface area contributed by atoms with Gasteiger partial charge in [-0.15, -0.1) is 0 Å². The summed E-state index contributed by atoms with van der Waals surface area (Å²) in [6.07, 6.45) is 4.05. The number of aliphatic imine (C=N–C) groups is 1. The molecule has 30 heavy (non-hydrogen) atoms. The van der Waals surface area contributed by atoms with Gasteiger partial charge in [0.05, 0.1) is 17.6 Å². The molecule has 0 saturated carbocycles. The van der Waals surface area contributed by atoms with Crippen molar-refractivity contribution in [2.75, 3.05) is 20.1 Å². The van der Waals surface area contributed by atoms with E-state index >= 15 is 0 Å². The number of nitrogens with one attached hydrogen (secondary N) is 2. The lowest BCUT2D eigenvalue weighted by Gasteiger charge is -2.26.